The highest BCUT2D eigenvalue weighted by Crippen LogP contribution is 2.29. The maximum Gasteiger partial charge on any atom is 0.407 e. The van der Waals surface area contributed by atoms with E-state index in [1.165, 1.54) is 17.7 Å². The molecular weight excluding hydrogens is 448 g/mol. The molecular formula is C25H30N6O4. The molecule has 2 aliphatic heterocycles. The Morgan fingerprint density at radius 2 is 1.89 bits per heavy atom. The SMILES string of the molecule is COc1cc(C#Cc2nn([C@H]3CCN(C(=O)O)C3)c(NCCN3CCCC3)c2C#N)cc(OC)c1. The van der Waals surface area contributed by atoms with Crippen LogP contribution in [-0.2, 0) is 0 Å². The Bertz CT molecular complexity index is 1150. The number of nitriles is 1. The average molecular weight is 479 g/mol. The van der Waals surface area contributed by atoms with E-state index in [9.17, 15) is 15.2 Å². The van der Waals surface area contributed by atoms with Gasteiger partial charge in [-0.2, -0.15) is 10.4 Å². The molecule has 2 aromatic rings. The Morgan fingerprint density at radius 1 is 1.17 bits per heavy atom. The minimum absolute atomic E-state index is 0.167. The van der Waals surface area contributed by atoms with E-state index in [2.05, 4.69) is 33.2 Å². The number of aromatic nitrogens is 2. The first-order valence-corrected chi connectivity index (χ1v) is 11.7. The molecule has 1 aromatic heterocycles. The second-order valence-corrected chi connectivity index (χ2v) is 8.63. The first-order valence-electron chi connectivity index (χ1n) is 11.7. The number of carbonyl (C=O) groups is 1. The predicted octanol–water partition coefficient (Wildman–Crippen LogP) is 2.60. The summed E-state index contributed by atoms with van der Waals surface area (Å²) in [4.78, 5) is 15.2. The smallest absolute Gasteiger partial charge is 0.407 e. The maximum absolute atomic E-state index is 11.5. The highest BCUT2D eigenvalue weighted by atomic mass is 16.5. The number of likely N-dealkylation sites (tertiary alicyclic amines) is 2. The third-order valence-electron chi connectivity index (χ3n) is 6.40. The summed E-state index contributed by atoms with van der Waals surface area (Å²) in [5.74, 6) is 7.93. The number of nitrogens with one attached hydrogen (secondary N) is 1. The van der Waals surface area contributed by atoms with E-state index < -0.39 is 6.09 Å². The van der Waals surface area contributed by atoms with Crippen LogP contribution < -0.4 is 14.8 Å². The molecule has 4 rings (SSSR count). The Hall–Kier alpha value is -3.89. The van der Waals surface area contributed by atoms with Gasteiger partial charge in [0.2, 0.25) is 0 Å². The van der Waals surface area contributed by atoms with Crippen LogP contribution in [0, 0.1) is 23.2 Å². The molecule has 0 unspecified atom stereocenters. The number of nitrogens with zero attached hydrogens (tertiary/aromatic N) is 5. The highest BCUT2D eigenvalue weighted by molar-refractivity contribution is 5.65. The van der Waals surface area contributed by atoms with E-state index in [0.29, 0.717) is 60.2 Å². The molecule has 0 aliphatic carbocycles. The third kappa shape index (κ3) is 5.61. The van der Waals surface area contributed by atoms with Crippen LogP contribution in [0.4, 0.5) is 10.6 Å². The number of carboxylic acid groups (broad SMARTS) is 1. The first-order chi connectivity index (χ1) is 17.0. The molecule has 2 aliphatic rings. The fourth-order valence-corrected chi connectivity index (χ4v) is 4.53. The van der Waals surface area contributed by atoms with Crippen molar-refractivity contribution in [3.63, 3.8) is 0 Å². The molecule has 0 radical (unpaired) electrons. The normalized spacial score (nSPS) is 17.5. The molecule has 2 saturated heterocycles. The molecule has 1 aromatic carbocycles. The number of hydrogen-bond acceptors (Lipinski definition) is 7. The molecule has 10 heteroatoms. The first kappa shape index (κ1) is 24.2. The largest absolute Gasteiger partial charge is 0.497 e. The molecule has 1 amide bonds. The molecule has 0 saturated carbocycles. The lowest BCUT2D eigenvalue weighted by Crippen LogP contribution is -2.28. The number of anilines is 1. The van der Waals surface area contributed by atoms with E-state index in [1.54, 1.807) is 37.1 Å². The number of benzene rings is 1. The van der Waals surface area contributed by atoms with Crippen LogP contribution in [0.5, 0.6) is 11.5 Å². The van der Waals surface area contributed by atoms with E-state index >= 15 is 0 Å². The number of amides is 1. The van der Waals surface area contributed by atoms with E-state index in [0.717, 1.165) is 19.6 Å². The Balaban J connectivity index is 1.65. The highest BCUT2D eigenvalue weighted by Gasteiger charge is 2.31. The predicted molar refractivity (Wildman–Crippen MR) is 130 cm³/mol. The summed E-state index contributed by atoms with van der Waals surface area (Å²) in [5, 5.41) is 27.5. The fraction of sp³-hybridized carbons (Fsp3) is 0.480. The van der Waals surface area contributed by atoms with Crippen LogP contribution in [0.2, 0.25) is 0 Å². The quantitative estimate of drug-likeness (QED) is 0.584. The van der Waals surface area contributed by atoms with Gasteiger partial charge in [0.05, 0.1) is 20.3 Å². The van der Waals surface area contributed by atoms with E-state index in [-0.39, 0.29) is 6.04 Å². The number of hydrogen-bond donors (Lipinski definition) is 2. The van der Waals surface area contributed by atoms with E-state index in [4.69, 9.17) is 9.47 Å². The lowest BCUT2D eigenvalue weighted by Gasteiger charge is -2.18. The number of rotatable bonds is 7. The minimum atomic E-state index is -0.948. The average Bonchev–Trinajstić information content (AvgIpc) is 3.62. The molecule has 1 atom stereocenters. The van der Waals surface area contributed by atoms with Crippen molar-refractivity contribution >= 4 is 11.9 Å². The lowest BCUT2D eigenvalue weighted by molar-refractivity contribution is 0.154. The summed E-state index contributed by atoms with van der Waals surface area (Å²) in [6.07, 6.45) is 2.10. The van der Waals surface area contributed by atoms with Crippen LogP contribution in [0.15, 0.2) is 18.2 Å². The van der Waals surface area contributed by atoms with Crippen LogP contribution >= 0.6 is 0 Å². The molecule has 3 heterocycles. The second kappa shape index (κ2) is 11.0. The monoisotopic (exact) mass is 478 g/mol. The number of methoxy groups -OCH3 is 2. The van der Waals surface area contributed by atoms with Gasteiger partial charge >= 0.3 is 6.09 Å². The third-order valence-corrected chi connectivity index (χ3v) is 6.40. The van der Waals surface area contributed by atoms with E-state index in [1.807, 2.05) is 0 Å². The van der Waals surface area contributed by atoms with Gasteiger partial charge in [0.25, 0.3) is 0 Å². The lowest BCUT2D eigenvalue weighted by atomic mass is 10.2. The second-order valence-electron chi connectivity index (χ2n) is 8.63. The van der Waals surface area contributed by atoms with Gasteiger partial charge in [-0.15, -0.1) is 0 Å². The summed E-state index contributed by atoms with van der Waals surface area (Å²) in [6, 6.07) is 7.43. The van der Waals surface area contributed by atoms with Gasteiger partial charge in [-0.3, -0.25) is 0 Å². The van der Waals surface area contributed by atoms with Crippen molar-refractivity contribution < 1.29 is 19.4 Å². The Kier molecular flexibility index (Phi) is 7.64. The zero-order valence-corrected chi connectivity index (χ0v) is 20.1. The molecule has 184 valence electrons. The molecule has 10 nitrogen and oxygen atoms in total. The van der Waals surface area contributed by atoms with Gasteiger partial charge in [0.15, 0.2) is 5.69 Å². The van der Waals surface area contributed by atoms with Crippen LogP contribution in [0.25, 0.3) is 0 Å². The minimum Gasteiger partial charge on any atom is -0.497 e. The van der Waals surface area contributed by atoms with Gasteiger partial charge in [-0.1, -0.05) is 5.92 Å². The van der Waals surface area contributed by atoms with Crippen molar-refractivity contribution in [1.29, 1.82) is 5.26 Å². The van der Waals surface area contributed by atoms with Crippen molar-refractivity contribution in [2.75, 3.05) is 58.8 Å². The van der Waals surface area contributed by atoms with Crippen LogP contribution in [0.1, 0.15) is 42.1 Å². The summed E-state index contributed by atoms with van der Waals surface area (Å²) in [5.41, 5.74) is 1.38. The molecule has 0 bridgehead atoms. The molecule has 35 heavy (non-hydrogen) atoms. The van der Waals surface area contributed by atoms with Gasteiger partial charge in [0.1, 0.15) is 28.9 Å². The zero-order valence-electron chi connectivity index (χ0n) is 20.1. The Morgan fingerprint density at radius 3 is 2.49 bits per heavy atom. The molecule has 2 fully saturated rings. The maximum atomic E-state index is 11.5. The van der Waals surface area contributed by atoms with Gasteiger partial charge in [-0.25, -0.2) is 9.48 Å². The summed E-state index contributed by atoms with van der Waals surface area (Å²) in [7, 11) is 3.15. The Labute approximate surface area is 205 Å². The van der Waals surface area contributed by atoms with Crippen LogP contribution in [0.3, 0.4) is 0 Å². The van der Waals surface area contributed by atoms with Crippen LogP contribution in [-0.4, -0.2) is 84.3 Å². The summed E-state index contributed by atoms with van der Waals surface area (Å²) >= 11 is 0. The van der Waals surface area contributed by atoms with Crippen molar-refractivity contribution in [2.24, 2.45) is 0 Å². The topological polar surface area (TPSA) is 116 Å². The molecule has 2 N–H and O–H groups in total. The van der Waals surface area contributed by atoms with Gasteiger partial charge in [0, 0.05) is 37.8 Å². The van der Waals surface area contributed by atoms with Crippen molar-refractivity contribution in [2.45, 2.75) is 25.3 Å². The van der Waals surface area contributed by atoms with Crippen molar-refractivity contribution in [3.8, 4) is 29.4 Å². The standard InChI is InChI=1S/C25H30N6O4/c1-34-20-13-18(14-21(15-20)35-2)5-6-23-22(16-26)24(27-8-12-29-9-3-4-10-29)31(28-23)19-7-11-30(17-19)25(32)33/h13-15,19,27H,3-4,7-12,17H2,1-2H3,(H,32,33)/t19-/m0/s1. The summed E-state index contributed by atoms with van der Waals surface area (Å²) in [6.45, 7) is 4.45. The van der Waals surface area contributed by atoms with Gasteiger partial charge in [-0.05, 0) is 50.4 Å². The number of ether oxygens (including phenoxy) is 2. The van der Waals surface area contributed by atoms with Gasteiger partial charge < -0.3 is 29.7 Å². The van der Waals surface area contributed by atoms with Crippen molar-refractivity contribution in [1.82, 2.24) is 19.6 Å². The zero-order chi connectivity index (χ0) is 24.8. The fourth-order valence-electron chi connectivity index (χ4n) is 4.53. The molecule has 0 spiro atoms. The summed E-state index contributed by atoms with van der Waals surface area (Å²) < 4.78 is 12.4. The van der Waals surface area contributed by atoms with Crippen molar-refractivity contribution in [3.05, 3.63) is 35.0 Å².